The predicted octanol–water partition coefficient (Wildman–Crippen LogP) is 1.53. The summed E-state index contributed by atoms with van der Waals surface area (Å²) in [5, 5.41) is 3.92. The molecule has 0 saturated carbocycles. The SMILES string of the molecule is CCOC1N=c2ccccc2=C(N)c2ccsc21. The molecule has 3 nitrogen and oxygen atoms in total. The quantitative estimate of drug-likeness (QED) is 0.888. The normalized spacial score (nSPS) is 17.6. The van der Waals surface area contributed by atoms with Crippen molar-refractivity contribution in [2.45, 2.75) is 13.2 Å². The van der Waals surface area contributed by atoms with Crippen LogP contribution in [0.4, 0.5) is 0 Å². The maximum atomic E-state index is 6.27. The number of ether oxygens (including phenoxy) is 1. The van der Waals surface area contributed by atoms with Gasteiger partial charge in [-0.05, 0) is 24.4 Å². The Hall–Kier alpha value is -1.65. The summed E-state index contributed by atoms with van der Waals surface area (Å²) in [6.45, 7) is 2.61. The zero-order valence-corrected chi connectivity index (χ0v) is 10.9. The van der Waals surface area contributed by atoms with Crippen LogP contribution < -0.4 is 16.3 Å². The van der Waals surface area contributed by atoms with Crippen LogP contribution in [0.5, 0.6) is 0 Å². The summed E-state index contributed by atoms with van der Waals surface area (Å²) in [7, 11) is 0. The average molecular weight is 258 g/mol. The highest BCUT2D eigenvalue weighted by atomic mass is 32.1. The van der Waals surface area contributed by atoms with Crippen LogP contribution in [0.3, 0.4) is 0 Å². The maximum Gasteiger partial charge on any atom is 0.184 e. The molecule has 0 amide bonds. The summed E-state index contributed by atoms with van der Waals surface area (Å²) in [6.07, 6.45) is -0.243. The van der Waals surface area contributed by atoms with Crippen molar-refractivity contribution in [2.24, 2.45) is 10.7 Å². The fourth-order valence-corrected chi connectivity index (χ4v) is 3.04. The summed E-state index contributed by atoms with van der Waals surface area (Å²) in [5.74, 6) is 0. The third-order valence-corrected chi connectivity index (χ3v) is 3.93. The topological polar surface area (TPSA) is 47.6 Å². The molecule has 3 rings (SSSR count). The fourth-order valence-electron chi connectivity index (χ4n) is 2.15. The molecule has 0 saturated heterocycles. The van der Waals surface area contributed by atoms with Gasteiger partial charge >= 0.3 is 0 Å². The molecule has 1 aromatic carbocycles. The van der Waals surface area contributed by atoms with E-state index in [0.717, 1.165) is 26.7 Å². The lowest BCUT2D eigenvalue weighted by Crippen LogP contribution is -2.29. The number of fused-ring (bicyclic) bond motifs is 2. The third kappa shape index (κ3) is 1.74. The number of nitrogens with two attached hydrogens (primary N) is 1. The molecule has 0 bridgehead atoms. The van der Waals surface area contributed by atoms with E-state index in [2.05, 4.69) is 4.99 Å². The Labute approximate surface area is 109 Å². The van der Waals surface area contributed by atoms with Crippen molar-refractivity contribution in [1.82, 2.24) is 0 Å². The molecule has 0 radical (unpaired) electrons. The van der Waals surface area contributed by atoms with Gasteiger partial charge in [0.05, 0.1) is 10.2 Å². The predicted molar refractivity (Wildman–Crippen MR) is 72.6 cm³/mol. The zero-order valence-electron chi connectivity index (χ0n) is 10.1. The lowest BCUT2D eigenvalue weighted by Gasteiger charge is -2.11. The van der Waals surface area contributed by atoms with Gasteiger partial charge in [-0.2, -0.15) is 0 Å². The second-order valence-electron chi connectivity index (χ2n) is 4.07. The van der Waals surface area contributed by atoms with Gasteiger partial charge in [0, 0.05) is 23.1 Å². The van der Waals surface area contributed by atoms with Crippen LogP contribution in [0.15, 0.2) is 40.7 Å². The smallest absolute Gasteiger partial charge is 0.184 e. The highest BCUT2D eigenvalue weighted by Gasteiger charge is 2.20. The number of hydrogen-bond acceptors (Lipinski definition) is 4. The molecule has 0 spiro atoms. The number of rotatable bonds is 2. The van der Waals surface area contributed by atoms with Crippen molar-refractivity contribution in [3.8, 4) is 0 Å². The first-order valence-corrected chi connectivity index (χ1v) is 6.81. The minimum absolute atomic E-state index is 0.243. The molecule has 1 aliphatic rings. The first-order chi connectivity index (χ1) is 8.81. The molecule has 1 aromatic heterocycles. The van der Waals surface area contributed by atoms with Gasteiger partial charge in [0.15, 0.2) is 6.23 Å². The van der Waals surface area contributed by atoms with Gasteiger partial charge in [-0.3, -0.25) is 0 Å². The van der Waals surface area contributed by atoms with Gasteiger partial charge in [0.2, 0.25) is 0 Å². The van der Waals surface area contributed by atoms with Crippen LogP contribution in [0, 0.1) is 0 Å². The molecule has 0 aliphatic carbocycles. The van der Waals surface area contributed by atoms with Gasteiger partial charge in [0.1, 0.15) is 0 Å². The van der Waals surface area contributed by atoms with E-state index in [9.17, 15) is 0 Å². The minimum Gasteiger partial charge on any atom is -0.398 e. The molecule has 1 unspecified atom stereocenters. The minimum atomic E-state index is -0.243. The van der Waals surface area contributed by atoms with Crippen molar-refractivity contribution in [3.63, 3.8) is 0 Å². The van der Waals surface area contributed by atoms with E-state index < -0.39 is 0 Å². The Morgan fingerprint density at radius 3 is 3.00 bits per heavy atom. The van der Waals surface area contributed by atoms with Crippen molar-refractivity contribution in [1.29, 1.82) is 0 Å². The number of benzene rings is 1. The van der Waals surface area contributed by atoms with Crippen molar-refractivity contribution in [3.05, 3.63) is 56.7 Å². The highest BCUT2D eigenvalue weighted by molar-refractivity contribution is 7.10. The van der Waals surface area contributed by atoms with E-state index in [1.807, 2.05) is 42.6 Å². The van der Waals surface area contributed by atoms with Crippen LogP contribution in [0.2, 0.25) is 0 Å². The molecule has 92 valence electrons. The Balaban J connectivity index is 2.34. The van der Waals surface area contributed by atoms with E-state index in [4.69, 9.17) is 10.5 Å². The number of nitrogens with zero attached hydrogens (tertiary/aromatic N) is 1. The molecule has 2 N–H and O–H groups in total. The summed E-state index contributed by atoms with van der Waals surface area (Å²) >= 11 is 1.64. The van der Waals surface area contributed by atoms with Gasteiger partial charge in [-0.15, -0.1) is 11.3 Å². The molecule has 18 heavy (non-hydrogen) atoms. The maximum absolute atomic E-state index is 6.27. The Morgan fingerprint density at radius 2 is 2.17 bits per heavy atom. The highest BCUT2D eigenvalue weighted by Crippen LogP contribution is 2.30. The Bertz CT molecular complexity index is 690. The van der Waals surface area contributed by atoms with E-state index in [-0.39, 0.29) is 6.23 Å². The van der Waals surface area contributed by atoms with E-state index in [1.165, 1.54) is 0 Å². The van der Waals surface area contributed by atoms with Crippen LogP contribution in [0.1, 0.15) is 23.6 Å². The summed E-state index contributed by atoms with van der Waals surface area (Å²) in [5.41, 5.74) is 8.10. The van der Waals surface area contributed by atoms with Crippen LogP contribution in [-0.2, 0) is 4.74 Å². The zero-order chi connectivity index (χ0) is 12.5. The van der Waals surface area contributed by atoms with E-state index in [1.54, 1.807) is 11.3 Å². The first-order valence-electron chi connectivity index (χ1n) is 5.93. The van der Waals surface area contributed by atoms with Crippen molar-refractivity contribution < 1.29 is 4.74 Å². The molecular formula is C14H14N2OS. The second-order valence-corrected chi connectivity index (χ2v) is 5.01. The average Bonchev–Trinajstić information content (AvgIpc) is 2.83. The number of thiophene rings is 1. The number of para-hydroxylation sites is 1. The van der Waals surface area contributed by atoms with Crippen molar-refractivity contribution in [2.75, 3.05) is 6.61 Å². The van der Waals surface area contributed by atoms with Crippen molar-refractivity contribution >= 4 is 17.0 Å². The van der Waals surface area contributed by atoms with Crippen LogP contribution in [0.25, 0.3) is 5.70 Å². The molecular weight excluding hydrogens is 244 g/mol. The van der Waals surface area contributed by atoms with E-state index >= 15 is 0 Å². The molecule has 0 fully saturated rings. The monoisotopic (exact) mass is 258 g/mol. The lowest BCUT2D eigenvalue weighted by atomic mass is 10.1. The first kappa shape index (κ1) is 11.4. The lowest BCUT2D eigenvalue weighted by molar-refractivity contribution is 0.0690. The molecule has 1 aliphatic heterocycles. The van der Waals surface area contributed by atoms with Crippen LogP contribution >= 0.6 is 11.3 Å². The third-order valence-electron chi connectivity index (χ3n) is 2.98. The summed E-state index contributed by atoms with van der Waals surface area (Å²) < 4.78 is 5.73. The number of hydrogen-bond donors (Lipinski definition) is 1. The standard InChI is InChI=1S/C14H14N2OS/c1-2-17-14-13-10(7-8-18-13)12(15)9-5-3-4-6-11(9)16-14/h3-8,14H,2,15H2,1H3. The largest absolute Gasteiger partial charge is 0.398 e. The van der Waals surface area contributed by atoms with Crippen LogP contribution in [-0.4, -0.2) is 6.61 Å². The Morgan fingerprint density at radius 1 is 1.33 bits per heavy atom. The molecule has 2 aromatic rings. The Kier molecular flexibility index (Phi) is 2.89. The fraction of sp³-hybridized carbons (Fsp3) is 0.214. The summed E-state index contributed by atoms with van der Waals surface area (Å²) in [6, 6.07) is 9.97. The van der Waals surface area contributed by atoms with Gasteiger partial charge in [-0.1, -0.05) is 18.2 Å². The van der Waals surface area contributed by atoms with E-state index in [0.29, 0.717) is 6.61 Å². The van der Waals surface area contributed by atoms with Gasteiger partial charge in [-0.25, -0.2) is 4.99 Å². The summed E-state index contributed by atoms with van der Waals surface area (Å²) in [4.78, 5) is 5.77. The molecule has 2 heterocycles. The molecule has 1 atom stereocenters. The van der Waals surface area contributed by atoms with Gasteiger partial charge in [0.25, 0.3) is 0 Å². The second kappa shape index (κ2) is 4.55. The molecule has 4 heteroatoms. The van der Waals surface area contributed by atoms with Gasteiger partial charge < -0.3 is 10.5 Å².